The van der Waals surface area contributed by atoms with E-state index in [4.69, 9.17) is 10.00 Å². The van der Waals surface area contributed by atoms with E-state index in [1.165, 1.54) is 5.56 Å². The Hall–Kier alpha value is -1.49. The maximum Gasteiger partial charge on any atom is 0.119 e. The van der Waals surface area contributed by atoms with Crippen LogP contribution < -0.4 is 4.74 Å². The van der Waals surface area contributed by atoms with Gasteiger partial charge in [0.15, 0.2) is 0 Å². The first-order chi connectivity index (χ1) is 7.97. The van der Waals surface area contributed by atoms with Crippen molar-refractivity contribution in [2.75, 3.05) is 0 Å². The molecule has 2 heteroatoms. The topological polar surface area (TPSA) is 33.0 Å². The Balaban J connectivity index is 2.72. The van der Waals surface area contributed by atoms with Crippen LogP contribution in [0, 0.1) is 11.3 Å². The zero-order valence-corrected chi connectivity index (χ0v) is 11.2. The molecule has 0 spiro atoms. The Morgan fingerprint density at radius 2 is 1.82 bits per heavy atom. The molecule has 1 aromatic carbocycles. The molecular formula is C15H21NO. The van der Waals surface area contributed by atoms with Gasteiger partial charge in [-0.1, -0.05) is 39.8 Å². The standard InChI is InChI=1S/C15H21NO/c1-5-13(10-11-16)17-14-8-6-12(7-9-14)15(2,3)4/h6-9,13H,5,10H2,1-4H3. The molecule has 2 nitrogen and oxygen atoms in total. The smallest absolute Gasteiger partial charge is 0.119 e. The second-order valence-electron chi connectivity index (χ2n) is 5.28. The molecule has 1 aromatic rings. The molecule has 0 aliphatic rings. The van der Waals surface area contributed by atoms with Crippen LogP contribution in [0.15, 0.2) is 24.3 Å². The number of ether oxygens (including phenoxy) is 1. The molecule has 0 bridgehead atoms. The molecule has 92 valence electrons. The van der Waals surface area contributed by atoms with Crippen LogP contribution in [0.1, 0.15) is 46.1 Å². The minimum Gasteiger partial charge on any atom is -0.489 e. The molecule has 0 N–H and O–H groups in total. The highest BCUT2D eigenvalue weighted by molar-refractivity contribution is 5.31. The van der Waals surface area contributed by atoms with Crippen molar-refractivity contribution in [3.63, 3.8) is 0 Å². The van der Waals surface area contributed by atoms with Gasteiger partial charge in [0.25, 0.3) is 0 Å². The molecule has 0 saturated heterocycles. The number of nitrogens with zero attached hydrogens (tertiary/aromatic N) is 1. The van der Waals surface area contributed by atoms with E-state index in [1.807, 2.05) is 19.1 Å². The van der Waals surface area contributed by atoms with Gasteiger partial charge in [0, 0.05) is 0 Å². The molecular weight excluding hydrogens is 210 g/mol. The van der Waals surface area contributed by atoms with Crippen molar-refractivity contribution < 1.29 is 4.74 Å². The zero-order chi connectivity index (χ0) is 12.9. The van der Waals surface area contributed by atoms with Crippen molar-refractivity contribution in [1.29, 1.82) is 5.26 Å². The van der Waals surface area contributed by atoms with E-state index in [2.05, 4.69) is 39.0 Å². The molecule has 0 aliphatic heterocycles. The molecule has 0 saturated carbocycles. The Morgan fingerprint density at radius 3 is 2.24 bits per heavy atom. The van der Waals surface area contributed by atoms with Gasteiger partial charge in [-0.05, 0) is 29.5 Å². The fourth-order valence-corrected chi connectivity index (χ4v) is 1.60. The first-order valence-electron chi connectivity index (χ1n) is 6.11. The summed E-state index contributed by atoms with van der Waals surface area (Å²) < 4.78 is 5.75. The van der Waals surface area contributed by atoms with Crippen LogP contribution in [-0.4, -0.2) is 6.10 Å². The van der Waals surface area contributed by atoms with E-state index in [9.17, 15) is 0 Å². The molecule has 1 rings (SSSR count). The van der Waals surface area contributed by atoms with Crippen LogP contribution in [0.2, 0.25) is 0 Å². The Morgan fingerprint density at radius 1 is 1.24 bits per heavy atom. The van der Waals surface area contributed by atoms with Gasteiger partial charge in [0.2, 0.25) is 0 Å². The van der Waals surface area contributed by atoms with Gasteiger partial charge in [-0.25, -0.2) is 0 Å². The van der Waals surface area contributed by atoms with Crippen molar-refractivity contribution in [2.45, 2.75) is 52.1 Å². The predicted octanol–water partition coefficient (Wildman–Crippen LogP) is 4.06. The highest BCUT2D eigenvalue weighted by Gasteiger charge is 2.13. The largest absolute Gasteiger partial charge is 0.489 e. The first kappa shape index (κ1) is 13.6. The number of rotatable bonds is 4. The summed E-state index contributed by atoms with van der Waals surface area (Å²) in [7, 11) is 0. The summed E-state index contributed by atoms with van der Waals surface area (Å²) in [6.07, 6.45) is 1.30. The van der Waals surface area contributed by atoms with Gasteiger partial charge in [0.1, 0.15) is 11.9 Å². The Labute approximate surface area is 104 Å². The highest BCUT2D eigenvalue weighted by Crippen LogP contribution is 2.25. The molecule has 0 aromatic heterocycles. The maximum absolute atomic E-state index is 8.67. The molecule has 0 fully saturated rings. The van der Waals surface area contributed by atoms with E-state index in [-0.39, 0.29) is 11.5 Å². The summed E-state index contributed by atoms with van der Waals surface area (Å²) in [5, 5.41) is 8.67. The van der Waals surface area contributed by atoms with Crippen molar-refractivity contribution in [2.24, 2.45) is 0 Å². The van der Waals surface area contributed by atoms with E-state index in [0.29, 0.717) is 6.42 Å². The Kier molecular flexibility index (Phi) is 4.57. The minimum atomic E-state index is 0.000451. The lowest BCUT2D eigenvalue weighted by atomic mass is 9.87. The number of hydrogen-bond acceptors (Lipinski definition) is 2. The third-order valence-corrected chi connectivity index (χ3v) is 2.80. The number of nitriles is 1. The van der Waals surface area contributed by atoms with Crippen LogP contribution >= 0.6 is 0 Å². The summed E-state index contributed by atoms with van der Waals surface area (Å²) in [6, 6.07) is 10.3. The molecule has 17 heavy (non-hydrogen) atoms. The lowest BCUT2D eigenvalue weighted by Gasteiger charge is -2.20. The van der Waals surface area contributed by atoms with Gasteiger partial charge in [-0.15, -0.1) is 0 Å². The molecule has 0 amide bonds. The van der Waals surface area contributed by atoms with Gasteiger partial charge in [-0.3, -0.25) is 0 Å². The summed E-state index contributed by atoms with van der Waals surface area (Å²) >= 11 is 0. The number of benzene rings is 1. The summed E-state index contributed by atoms with van der Waals surface area (Å²) in [5.41, 5.74) is 1.45. The second-order valence-corrected chi connectivity index (χ2v) is 5.28. The lowest BCUT2D eigenvalue weighted by molar-refractivity contribution is 0.202. The molecule has 0 radical (unpaired) electrons. The van der Waals surface area contributed by atoms with E-state index in [1.54, 1.807) is 0 Å². The van der Waals surface area contributed by atoms with E-state index in [0.717, 1.165) is 12.2 Å². The quantitative estimate of drug-likeness (QED) is 0.783. The van der Waals surface area contributed by atoms with Gasteiger partial charge >= 0.3 is 0 Å². The average Bonchev–Trinajstić information content (AvgIpc) is 2.28. The van der Waals surface area contributed by atoms with Crippen molar-refractivity contribution in [3.8, 4) is 11.8 Å². The SMILES string of the molecule is CCC(CC#N)Oc1ccc(C(C)(C)C)cc1. The Bertz CT molecular complexity index is 381. The summed E-state index contributed by atoms with van der Waals surface area (Å²) in [6.45, 7) is 8.60. The van der Waals surface area contributed by atoms with Crippen LogP contribution in [0.5, 0.6) is 5.75 Å². The van der Waals surface area contributed by atoms with Gasteiger partial charge < -0.3 is 4.74 Å². The maximum atomic E-state index is 8.67. The number of hydrogen-bond donors (Lipinski definition) is 0. The van der Waals surface area contributed by atoms with Crippen LogP contribution in [0.4, 0.5) is 0 Å². The van der Waals surface area contributed by atoms with E-state index >= 15 is 0 Å². The molecule has 0 heterocycles. The zero-order valence-electron chi connectivity index (χ0n) is 11.2. The fraction of sp³-hybridized carbons (Fsp3) is 0.533. The average molecular weight is 231 g/mol. The summed E-state index contributed by atoms with van der Waals surface area (Å²) in [4.78, 5) is 0. The van der Waals surface area contributed by atoms with Crippen LogP contribution in [0.3, 0.4) is 0 Å². The predicted molar refractivity (Wildman–Crippen MR) is 70.1 cm³/mol. The van der Waals surface area contributed by atoms with Crippen molar-refractivity contribution in [1.82, 2.24) is 0 Å². The normalized spacial score (nSPS) is 12.9. The van der Waals surface area contributed by atoms with Gasteiger partial charge in [0.05, 0.1) is 12.5 Å². The van der Waals surface area contributed by atoms with E-state index < -0.39 is 0 Å². The van der Waals surface area contributed by atoms with Gasteiger partial charge in [-0.2, -0.15) is 5.26 Å². The van der Waals surface area contributed by atoms with Crippen molar-refractivity contribution >= 4 is 0 Å². The lowest BCUT2D eigenvalue weighted by Crippen LogP contribution is -2.15. The second kappa shape index (κ2) is 5.72. The summed E-state index contributed by atoms with van der Waals surface area (Å²) in [5.74, 6) is 0.847. The van der Waals surface area contributed by atoms with Crippen LogP contribution in [-0.2, 0) is 5.41 Å². The third kappa shape index (κ3) is 4.11. The first-order valence-corrected chi connectivity index (χ1v) is 6.11. The molecule has 0 aliphatic carbocycles. The molecule has 1 unspecified atom stereocenters. The minimum absolute atomic E-state index is 0.000451. The molecule has 1 atom stereocenters. The third-order valence-electron chi connectivity index (χ3n) is 2.80. The monoisotopic (exact) mass is 231 g/mol. The van der Waals surface area contributed by atoms with Crippen molar-refractivity contribution in [3.05, 3.63) is 29.8 Å². The van der Waals surface area contributed by atoms with Crippen LogP contribution in [0.25, 0.3) is 0 Å². The fourth-order valence-electron chi connectivity index (χ4n) is 1.60. The highest BCUT2D eigenvalue weighted by atomic mass is 16.5.